The van der Waals surface area contributed by atoms with Crippen LogP contribution in [0.25, 0.3) is 0 Å². The zero-order chi connectivity index (χ0) is 15.2. The normalized spacial score (nSPS) is 21.2. The van der Waals surface area contributed by atoms with Gasteiger partial charge in [0.2, 0.25) is 0 Å². The van der Waals surface area contributed by atoms with Gasteiger partial charge in [-0.25, -0.2) is 0 Å². The van der Waals surface area contributed by atoms with Gasteiger partial charge in [0, 0.05) is 12.1 Å². The maximum Gasteiger partial charge on any atom is 0.137 e. The minimum Gasteiger partial charge on any atom is -0.492 e. The molecule has 0 bridgehead atoms. The maximum atomic E-state index is 6.32. The lowest BCUT2D eigenvalue weighted by molar-refractivity contribution is 0.153. The fourth-order valence-electron chi connectivity index (χ4n) is 2.88. The topological polar surface area (TPSA) is 24.5 Å². The van der Waals surface area contributed by atoms with Crippen LogP contribution in [0, 0.1) is 0 Å². The van der Waals surface area contributed by atoms with Crippen molar-refractivity contribution < 1.29 is 4.74 Å². The predicted octanol–water partition coefficient (Wildman–Crippen LogP) is 3.87. The van der Waals surface area contributed by atoms with Crippen LogP contribution in [0.2, 0.25) is 5.02 Å². The second-order valence-electron chi connectivity index (χ2n) is 5.97. The molecule has 2 atom stereocenters. The molecule has 118 valence electrons. The lowest BCUT2D eigenvalue weighted by Crippen LogP contribution is -2.37. The Morgan fingerprint density at radius 3 is 2.90 bits per heavy atom. The molecule has 0 amide bonds. The summed E-state index contributed by atoms with van der Waals surface area (Å²) in [4.78, 5) is 2.45. The monoisotopic (exact) mass is 310 g/mol. The van der Waals surface area contributed by atoms with Gasteiger partial charge in [-0.15, -0.1) is 0 Å². The Morgan fingerprint density at radius 2 is 2.24 bits per heavy atom. The molecular formula is C17H27ClN2O. The first-order valence-corrected chi connectivity index (χ1v) is 8.29. The van der Waals surface area contributed by atoms with Gasteiger partial charge in [-0.2, -0.15) is 0 Å². The number of hydrogen-bond donors (Lipinski definition) is 1. The van der Waals surface area contributed by atoms with E-state index in [1.54, 1.807) is 0 Å². The third kappa shape index (κ3) is 4.60. The van der Waals surface area contributed by atoms with Crippen molar-refractivity contribution in [1.29, 1.82) is 0 Å². The van der Waals surface area contributed by atoms with Gasteiger partial charge in [-0.3, -0.25) is 0 Å². The van der Waals surface area contributed by atoms with Crippen LogP contribution in [-0.4, -0.2) is 38.2 Å². The molecule has 1 heterocycles. The summed E-state index contributed by atoms with van der Waals surface area (Å²) in [6.45, 7) is 4.06. The van der Waals surface area contributed by atoms with Crippen molar-refractivity contribution in [3.8, 4) is 5.75 Å². The number of nitrogens with zero attached hydrogens (tertiary/aromatic N) is 1. The van der Waals surface area contributed by atoms with E-state index in [4.69, 9.17) is 16.3 Å². The number of rotatable bonds is 6. The Bertz CT molecular complexity index is 452. The quantitative estimate of drug-likeness (QED) is 0.863. The van der Waals surface area contributed by atoms with Gasteiger partial charge in [0.25, 0.3) is 0 Å². The lowest BCUT2D eigenvalue weighted by atomic mass is 10.0. The second kappa shape index (κ2) is 8.02. The number of hydrogen-bond acceptors (Lipinski definition) is 3. The lowest BCUT2D eigenvalue weighted by Gasteiger charge is -2.32. The SMILES string of the molecule is CNC(C)c1ccc(OCCC2CCCCN2C)c(Cl)c1. The van der Waals surface area contributed by atoms with Crippen molar-refractivity contribution in [3.63, 3.8) is 0 Å². The van der Waals surface area contributed by atoms with Crippen LogP contribution in [0.1, 0.15) is 44.2 Å². The van der Waals surface area contributed by atoms with E-state index in [0.29, 0.717) is 17.1 Å². The Labute approximate surface area is 133 Å². The molecule has 3 nitrogen and oxygen atoms in total. The van der Waals surface area contributed by atoms with E-state index < -0.39 is 0 Å². The Morgan fingerprint density at radius 1 is 1.43 bits per heavy atom. The molecule has 1 aromatic rings. The summed E-state index contributed by atoms with van der Waals surface area (Å²) in [5, 5.41) is 3.91. The molecule has 1 N–H and O–H groups in total. The highest BCUT2D eigenvalue weighted by atomic mass is 35.5. The number of piperidine rings is 1. The zero-order valence-electron chi connectivity index (χ0n) is 13.4. The summed E-state index contributed by atoms with van der Waals surface area (Å²) < 4.78 is 5.88. The average molecular weight is 311 g/mol. The van der Waals surface area contributed by atoms with Crippen molar-refractivity contribution in [2.45, 2.75) is 44.7 Å². The number of likely N-dealkylation sites (tertiary alicyclic amines) is 1. The van der Waals surface area contributed by atoms with E-state index in [1.165, 1.54) is 31.4 Å². The van der Waals surface area contributed by atoms with Crippen LogP contribution in [0.5, 0.6) is 5.75 Å². The van der Waals surface area contributed by atoms with Gasteiger partial charge in [-0.1, -0.05) is 24.1 Å². The number of benzene rings is 1. The fraction of sp³-hybridized carbons (Fsp3) is 0.647. The van der Waals surface area contributed by atoms with E-state index in [2.05, 4.69) is 30.3 Å². The molecule has 0 aromatic heterocycles. The van der Waals surface area contributed by atoms with Crippen molar-refractivity contribution >= 4 is 11.6 Å². The number of ether oxygens (including phenoxy) is 1. The second-order valence-corrected chi connectivity index (χ2v) is 6.37. The summed E-state index contributed by atoms with van der Waals surface area (Å²) >= 11 is 6.32. The highest BCUT2D eigenvalue weighted by molar-refractivity contribution is 6.32. The molecule has 0 spiro atoms. The summed E-state index contributed by atoms with van der Waals surface area (Å²) in [7, 11) is 4.16. The Kier molecular flexibility index (Phi) is 6.34. The molecule has 0 aliphatic carbocycles. The molecule has 2 unspecified atom stereocenters. The third-order valence-corrected chi connectivity index (χ3v) is 4.81. The number of nitrogens with one attached hydrogen (secondary N) is 1. The molecule has 21 heavy (non-hydrogen) atoms. The first-order chi connectivity index (χ1) is 10.1. The van der Waals surface area contributed by atoms with Crippen molar-refractivity contribution in [2.24, 2.45) is 0 Å². The summed E-state index contributed by atoms with van der Waals surface area (Å²) in [5.74, 6) is 0.794. The molecule has 1 aliphatic rings. The van der Waals surface area contributed by atoms with Crippen LogP contribution < -0.4 is 10.1 Å². The average Bonchev–Trinajstić information content (AvgIpc) is 2.50. The fourth-order valence-corrected chi connectivity index (χ4v) is 3.13. The molecule has 0 radical (unpaired) electrons. The van der Waals surface area contributed by atoms with E-state index >= 15 is 0 Å². The van der Waals surface area contributed by atoms with E-state index in [0.717, 1.165) is 18.8 Å². The molecular weight excluding hydrogens is 284 g/mol. The third-order valence-electron chi connectivity index (χ3n) is 4.52. The van der Waals surface area contributed by atoms with Gasteiger partial charge in [0.15, 0.2) is 0 Å². The molecule has 4 heteroatoms. The van der Waals surface area contributed by atoms with Gasteiger partial charge in [0.1, 0.15) is 5.75 Å². The smallest absolute Gasteiger partial charge is 0.137 e. The minimum absolute atomic E-state index is 0.299. The predicted molar refractivity (Wildman–Crippen MR) is 89.3 cm³/mol. The van der Waals surface area contributed by atoms with Crippen molar-refractivity contribution in [2.75, 3.05) is 27.2 Å². The Hall–Kier alpha value is -0.770. The van der Waals surface area contributed by atoms with Crippen LogP contribution >= 0.6 is 11.6 Å². The zero-order valence-corrected chi connectivity index (χ0v) is 14.1. The van der Waals surface area contributed by atoms with Crippen LogP contribution in [0.15, 0.2) is 18.2 Å². The van der Waals surface area contributed by atoms with E-state index in [1.807, 2.05) is 19.2 Å². The van der Waals surface area contributed by atoms with Crippen LogP contribution in [0.4, 0.5) is 0 Å². The minimum atomic E-state index is 0.299. The van der Waals surface area contributed by atoms with Gasteiger partial charge in [0.05, 0.1) is 11.6 Å². The highest BCUT2D eigenvalue weighted by Gasteiger charge is 2.18. The summed E-state index contributed by atoms with van der Waals surface area (Å²) in [5.41, 5.74) is 1.18. The van der Waals surface area contributed by atoms with Crippen LogP contribution in [-0.2, 0) is 0 Å². The van der Waals surface area contributed by atoms with Crippen molar-refractivity contribution in [3.05, 3.63) is 28.8 Å². The van der Waals surface area contributed by atoms with Gasteiger partial charge >= 0.3 is 0 Å². The van der Waals surface area contributed by atoms with Crippen molar-refractivity contribution in [1.82, 2.24) is 10.2 Å². The van der Waals surface area contributed by atoms with Gasteiger partial charge in [-0.05, 0) is 64.5 Å². The molecule has 1 saturated heterocycles. The molecule has 2 rings (SSSR count). The first kappa shape index (κ1) is 16.6. The molecule has 1 fully saturated rings. The summed E-state index contributed by atoms with van der Waals surface area (Å²) in [6.07, 6.45) is 5.02. The Balaban J connectivity index is 1.85. The van der Waals surface area contributed by atoms with E-state index in [9.17, 15) is 0 Å². The van der Waals surface area contributed by atoms with Gasteiger partial charge < -0.3 is 15.0 Å². The maximum absolute atomic E-state index is 6.32. The number of halogens is 1. The summed E-state index contributed by atoms with van der Waals surface area (Å²) in [6, 6.07) is 7.00. The highest BCUT2D eigenvalue weighted by Crippen LogP contribution is 2.28. The standard InChI is InChI=1S/C17H27ClN2O/c1-13(19-2)14-7-8-17(16(18)12-14)21-11-9-15-6-4-5-10-20(15)3/h7-8,12-13,15,19H,4-6,9-11H2,1-3H3. The molecule has 1 aliphatic heterocycles. The van der Waals surface area contributed by atoms with Crippen LogP contribution in [0.3, 0.4) is 0 Å². The molecule has 0 saturated carbocycles. The van der Waals surface area contributed by atoms with E-state index in [-0.39, 0.29) is 0 Å². The molecule has 1 aromatic carbocycles. The first-order valence-electron chi connectivity index (χ1n) is 7.91. The largest absolute Gasteiger partial charge is 0.492 e.